The lowest BCUT2D eigenvalue weighted by molar-refractivity contribution is -0.238. The quantitative estimate of drug-likeness (QED) is 0.736. The molecule has 1 aliphatic carbocycles. The summed E-state index contributed by atoms with van der Waals surface area (Å²) in [4.78, 5) is 11.2. The van der Waals surface area contributed by atoms with E-state index in [4.69, 9.17) is 10.00 Å². The molecule has 1 aliphatic rings. The number of nitrogens with one attached hydrogen (secondary N) is 1. The molecule has 0 spiro atoms. The minimum absolute atomic E-state index is 0.0189. The average molecular weight is 240 g/mol. The zero-order valence-electron chi connectivity index (χ0n) is 10.6. The molecule has 2 atom stereocenters. The van der Waals surface area contributed by atoms with Crippen molar-refractivity contribution in [1.29, 1.82) is 5.26 Å². The van der Waals surface area contributed by atoms with Crippen molar-refractivity contribution in [3.8, 4) is 6.07 Å². The summed E-state index contributed by atoms with van der Waals surface area (Å²) in [5, 5.41) is 21.3. The van der Waals surface area contributed by atoms with Crippen LogP contribution < -0.4 is 5.32 Å². The fourth-order valence-electron chi connectivity index (χ4n) is 2.14. The Hall–Kier alpha value is -1.12. The summed E-state index contributed by atoms with van der Waals surface area (Å²) < 4.78 is 5.52. The van der Waals surface area contributed by atoms with Crippen LogP contribution in [-0.2, 0) is 9.53 Å². The molecule has 0 aliphatic heterocycles. The van der Waals surface area contributed by atoms with Gasteiger partial charge in [0.25, 0.3) is 0 Å². The zero-order chi connectivity index (χ0) is 13.1. The molecule has 1 amide bonds. The predicted molar refractivity (Wildman–Crippen MR) is 62.0 cm³/mol. The maximum absolute atomic E-state index is 11.2. The molecule has 2 unspecified atom stereocenters. The highest BCUT2D eigenvalue weighted by Gasteiger charge is 2.59. The number of aliphatic hydroxyl groups is 1. The molecule has 1 fully saturated rings. The van der Waals surface area contributed by atoms with Crippen molar-refractivity contribution in [2.24, 2.45) is 5.41 Å². The third-order valence-electron chi connectivity index (χ3n) is 3.71. The highest BCUT2D eigenvalue weighted by Crippen LogP contribution is 2.50. The molecule has 0 heterocycles. The first-order valence-corrected chi connectivity index (χ1v) is 5.85. The van der Waals surface area contributed by atoms with Gasteiger partial charge in [0, 0.05) is 25.0 Å². The number of hydrogen-bond acceptors (Lipinski definition) is 4. The van der Waals surface area contributed by atoms with Gasteiger partial charge in [-0.2, -0.15) is 5.26 Å². The highest BCUT2D eigenvalue weighted by molar-refractivity contribution is 5.78. The summed E-state index contributed by atoms with van der Waals surface area (Å²) in [5.41, 5.74) is -1.33. The Morgan fingerprint density at radius 3 is 2.76 bits per heavy atom. The van der Waals surface area contributed by atoms with Gasteiger partial charge in [-0.3, -0.25) is 4.79 Å². The third-order valence-corrected chi connectivity index (χ3v) is 3.71. The van der Waals surface area contributed by atoms with Crippen molar-refractivity contribution in [2.45, 2.75) is 45.3 Å². The fourth-order valence-corrected chi connectivity index (χ4v) is 2.14. The van der Waals surface area contributed by atoms with E-state index in [1.165, 1.54) is 0 Å². The standard InChI is InChI=1S/C12H20N2O3/c1-4-17-9-7-12(16,11(9,2)3)8-14-10(15)5-6-13/h9,16H,4-5,7-8H2,1-3H3,(H,14,15). The van der Waals surface area contributed by atoms with E-state index < -0.39 is 5.60 Å². The van der Waals surface area contributed by atoms with Crippen LogP contribution in [0.5, 0.6) is 0 Å². The zero-order valence-corrected chi connectivity index (χ0v) is 10.6. The molecule has 0 saturated heterocycles. The summed E-state index contributed by atoms with van der Waals surface area (Å²) in [5.74, 6) is -0.350. The van der Waals surface area contributed by atoms with E-state index in [2.05, 4.69) is 5.32 Å². The second-order valence-corrected chi connectivity index (χ2v) is 5.01. The van der Waals surface area contributed by atoms with Gasteiger partial charge in [0.1, 0.15) is 6.42 Å². The average Bonchev–Trinajstić information content (AvgIpc) is 2.26. The maximum Gasteiger partial charge on any atom is 0.234 e. The van der Waals surface area contributed by atoms with Crippen molar-refractivity contribution in [2.75, 3.05) is 13.2 Å². The van der Waals surface area contributed by atoms with Crippen LogP contribution in [0, 0.1) is 16.7 Å². The van der Waals surface area contributed by atoms with Gasteiger partial charge in [0.15, 0.2) is 0 Å². The van der Waals surface area contributed by atoms with E-state index in [-0.39, 0.29) is 30.4 Å². The number of nitrogens with zero attached hydrogens (tertiary/aromatic N) is 1. The Kier molecular flexibility index (Phi) is 4.12. The molecule has 1 saturated carbocycles. The number of carbonyl (C=O) groups excluding carboxylic acids is 1. The number of carbonyl (C=O) groups is 1. The molecular formula is C12H20N2O3. The molecule has 5 nitrogen and oxygen atoms in total. The second kappa shape index (κ2) is 5.03. The van der Waals surface area contributed by atoms with E-state index in [1.807, 2.05) is 20.8 Å². The van der Waals surface area contributed by atoms with E-state index in [9.17, 15) is 9.90 Å². The van der Waals surface area contributed by atoms with Crippen molar-refractivity contribution in [3.05, 3.63) is 0 Å². The minimum atomic E-state index is -0.946. The van der Waals surface area contributed by atoms with Crippen LogP contribution >= 0.6 is 0 Å². The van der Waals surface area contributed by atoms with Crippen molar-refractivity contribution in [3.63, 3.8) is 0 Å². The van der Waals surface area contributed by atoms with Gasteiger partial charge in [-0.15, -0.1) is 0 Å². The van der Waals surface area contributed by atoms with Crippen LogP contribution in [0.3, 0.4) is 0 Å². The van der Waals surface area contributed by atoms with Gasteiger partial charge < -0.3 is 15.2 Å². The minimum Gasteiger partial charge on any atom is -0.387 e. The maximum atomic E-state index is 11.2. The molecule has 17 heavy (non-hydrogen) atoms. The summed E-state index contributed by atoms with van der Waals surface area (Å²) in [6.45, 7) is 6.55. The molecule has 0 aromatic heterocycles. The molecule has 0 aromatic carbocycles. The first-order chi connectivity index (χ1) is 7.87. The second-order valence-electron chi connectivity index (χ2n) is 5.01. The first-order valence-electron chi connectivity index (χ1n) is 5.85. The fraction of sp³-hybridized carbons (Fsp3) is 0.833. The summed E-state index contributed by atoms with van der Waals surface area (Å²) in [6, 6.07) is 1.77. The molecule has 0 aromatic rings. The van der Waals surface area contributed by atoms with Gasteiger partial charge in [0.2, 0.25) is 5.91 Å². The Labute approximate surface area is 102 Å². The molecule has 2 N–H and O–H groups in total. The largest absolute Gasteiger partial charge is 0.387 e. The lowest BCUT2D eigenvalue weighted by atomic mass is 9.56. The van der Waals surface area contributed by atoms with Gasteiger partial charge >= 0.3 is 0 Å². The highest BCUT2D eigenvalue weighted by atomic mass is 16.5. The Morgan fingerprint density at radius 2 is 2.29 bits per heavy atom. The normalized spacial score (nSPS) is 30.2. The Morgan fingerprint density at radius 1 is 1.65 bits per heavy atom. The van der Waals surface area contributed by atoms with E-state index in [0.717, 1.165) is 0 Å². The van der Waals surface area contributed by atoms with Crippen molar-refractivity contribution in [1.82, 2.24) is 5.32 Å². The summed E-state index contributed by atoms with van der Waals surface area (Å²) >= 11 is 0. The molecule has 0 bridgehead atoms. The number of rotatable bonds is 5. The van der Waals surface area contributed by atoms with E-state index >= 15 is 0 Å². The topological polar surface area (TPSA) is 82.3 Å². The first kappa shape index (κ1) is 13.9. The molecular weight excluding hydrogens is 220 g/mol. The van der Waals surface area contributed by atoms with Gasteiger partial charge in [0.05, 0.1) is 17.8 Å². The molecule has 0 radical (unpaired) electrons. The van der Waals surface area contributed by atoms with Crippen LogP contribution in [0.2, 0.25) is 0 Å². The Bertz CT molecular complexity index is 335. The van der Waals surface area contributed by atoms with Crippen LogP contribution in [-0.4, -0.2) is 35.9 Å². The molecule has 96 valence electrons. The van der Waals surface area contributed by atoms with Crippen LogP contribution in [0.4, 0.5) is 0 Å². The smallest absolute Gasteiger partial charge is 0.234 e. The van der Waals surface area contributed by atoms with Crippen LogP contribution in [0.1, 0.15) is 33.6 Å². The number of ether oxygens (including phenoxy) is 1. The number of amides is 1. The number of hydrogen-bond donors (Lipinski definition) is 2. The van der Waals surface area contributed by atoms with Crippen LogP contribution in [0.15, 0.2) is 0 Å². The van der Waals surface area contributed by atoms with Gasteiger partial charge in [-0.1, -0.05) is 13.8 Å². The lowest BCUT2D eigenvalue weighted by Crippen LogP contribution is -2.68. The van der Waals surface area contributed by atoms with Crippen molar-refractivity contribution >= 4 is 5.91 Å². The van der Waals surface area contributed by atoms with E-state index in [1.54, 1.807) is 6.07 Å². The SMILES string of the molecule is CCOC1CC(O)(CNC(=O)CC#N)C1(C)C. The van der Waals surface area contributed by atoms with Crippen LogP contribution in [0.25, 0.3) is 0 Å². The predicted octanol–water partition coefficient (Wildman–Crippen LogP) is 0.582. The van der Waals surface area contributed by atoms with Gasteiger partial charge in [-0.25, -0.2) is 0 Å². The third kappa shape index (κ3) is 2.59. The lowest BCUT2D eigenvalue weighted by Gasteiger charge is -2.57. The Balaban J connectivity index is 2.49. The summed E-state index contributed by atoms with van der Waals surface area (Å²) in [6.07, 6.45) is 0.358. The number of nitriles is 1. The summed E-state index contributed by atoms with van der Waals surface area (Å²) in [7, 11) is 0. The van der Waals surface area contributed by atoms with E-state index in [0.29, 0.717) is 13.0 Å². The van der Waals surface area contributed by atoms with Crippen molar-refractivity contribution < 1.29 is 14.6 Å². The monoisotopic (exact) mass is 240 g/mol. The van der Waals surface area contributed by atoms with Gasteiger partial charge in [-0.05, 0) is 6.92 Å². The molecule has 5 heteroatoms. The molecule has 1 rings (SSSR count).